The van der Waals surface area contributed by atoms with Gasteiger partial charge in [-0.05, 0) is 59.3 Å². The Hall–Kier alpha value is 0.710. The molecule has 0 saturated heterocycles. The number of hydrogen-bond donors (Lipinski definition) is 2. The lowest BCUT2D eigenvalue weighted by molar-refractivity contribution is 0.381. The fourth-order valence-electron chi connectivity index (χ4n) is 2.30. The van der Waals surface area contributed by atoms with E-state index in [1.807, 2.05) is 6.07 Å². The molecule has 6 heteroatoms. The van der Waals surface area contributed by atoms with Gasteiger partial charge in [-0.25, -0.2) is 0 Å². The van der Waals surface area contributed by atoms with Crippen LogP contribution in [-0.2, 0) is 6.54 Å². The molecule has 0 unspecified atom stereocenters. The van der Waals surface area contributed by atoms with Gasteiger partial charge >= 0.3 is 0 Å². The monoisotopic (exact) mass is 474 g/mol. The maximum absolute atomic E-state index is 6.07. The van der Waals surface area contributed by atoms with Crippen molar-refractivity contribution in [3.63, 3.8) is 0 Å². The van der Waals surface area contributed by atoms with E-state index in [1.165, 1.54) is 25.7 Å². The lowest BCUT2D eigenvalue weighted by Gasteiger charge is -2.26. The first-order chi connectivity index (χ1) is 8.56. The van der Waals surface area contributed by atoms with Gasteiger partial charge in [-0.2, -0.15) is 0 Å². The molecule has 0 amide bonds. The summed E-state index contributed by atoms with van der Waals surface area (Å²) < 4.78 is 2.02. The van der Waals surface area contributed by atoms with Crippen molar-refractivity contribution in [2.24, 2.45) is 0 Å². The molecule has 1 aliphatic rings. The van der Waals surface area contributed by atoms with Crippen molar-refractivity contribution in [2.45, 2.75) is 43.1 Å². The highest BCUT2D eigenvalue weighted by Gasteiger charge is 2.18. The molecule has 0 radical (unpaired) electrons. The van der Waals surface area contributed by atoms with Gasteiger partial charge in [-0.1, -0.05) is 31.9 Å². The molecule has 2 nitrogen and oxygen atoms in total. The van der Waals surface area contributed by atoms with Gasteiger partial charge in [0.05, 0.1) is 5.69 Å². The average Bonchev–Trinajstić information content (AvgIpc) is 2.34. The zero-order valence-electron chi connectivity index (χ0n) is 10.5. The number of nitrogens with one attached hydrogen (secondary N) is 1. The Bertz CT molecular complexity index is 421. The standard InChI is InChI=1S/C13H17Br3N2.ClH/c14-9-1-3-11(4-2-9)18-7-8-5-10(15)6-12(16)13(8)17;/h5-6,9,11,18H,1-4,7,17H2;1H/t9-,11-;. The Labute approximate surface area is 146 Å². The molecule has 0 bridgehead atoms. The summed E-state index contributed by atoms with van der Waals surface area (Å²) in [6, 6.07) is 4.69. The quantitative estimate of drug-likeness (QED) is 0.475. The summed E-state index contributed by atoms with van der Waals surface area (Å²) in [5.41, 5.74) is 8.06. The summed E-state index contributed by atoms with van der Waals surface area (Å²) in [6.45, 7) is 0.835. The van der Waals surface area contributed by atoms with Gasteiger partial charge in [0.2, 0.25) is 0 Å². The maximum atomic E-state index is 6.07. The van der Waals surface area contributed by atoms with Gasteiger partial charge < -0.3 is 11.1 Å². The minimum atomic E-state index is 0. The van der Waals surface area contributed by atoms with Crippen LogP contribution in [0.3, 0.4) is 0 Å². The van der Waals surface area contributed by atoms with Crippen molar-refractivity contribution in [1.29, 1.82) is 0 Å². The molecule has 19 heavy (non-hydrogen) atoms. The van der Waals surface area contributed by atoms with Crippen LogP contribution in [0, 0.1) is 0 Å². The minimum absolute atomic E-state index is 0. The normalized spacial score (nSPS) is 22.9. The van der Waals surface area contributed by atoms with E-state index in [0.29, 0.717) is 10.9 Å². The van der Waals surface area contributed by atoms with Gasteiger partial charge in [-0.15, -0.1) is 12.4 Å². The Morgan fingerprint density at radius 3 is 2.42 bits per heavy atom. The molecule has 0 aromatic heterocycles. The number of rotatable bonds is 3. The summed E-state index contributed by atoms with van der Waals surface area (Å²) in [7, 11) is 0. The van der Waals surface area contributed by atoms with Crippen LogP contribution in [0.1, 0.15) is 31.2 Å². The molecule has 2 rings (SSSR count). The molecule has 0 aliphatic heterocycles. The van der Waals surface area contributed by atoms with Crippen LogP contribution >= 0.6 is 60.2 Å². The van der Waals surface area contributed by atoms with Crippen molar-refractivity contribution in [3.8, 4) is 0 Å². The summed E-state index contributed by atoms with van der Waals surface area (Å²) in [5.74, 6) is 0. The maximum Gasteiger partial charge on any atom is 0.0504 e. The van der Waals surface area contributed by atoms with E-state index in [2.05, 4.69) is 59.2 Å². The number of anilines is 1. The fourth-order valence-corrected chi connectivity index (χ4v) is 4.14. The van der Waals surface area contributed by atoms with Crippen molar-refractivity contribution in [2.75, 3.05) is 5.73 Å². The fraction of sp³-hybridized carbons (Fsp3) is 0.538. The van der Waals surface area contributed by atoms with E-state index in [1.54, 1.807) is 0 Å². The molecule has 108 valence electrons. The Kier molecular flexibility index (Phi) is 7.69. The molecule has 1 saturated carbocycles. The number of benzene rings is 1. The molecule has 1 aliphatic carbocycles. The van der Waals surface area contributed by atoms with Crippen LogP contribution in [0.25, 0.3) is 0 Å². The number of hydrogen-bond acceptors (Lipinski definition) is 2. The van der Waals surface area contributed by atoms with Crippen molar-refractivity contribution >= 4 is 65.9 Å². The predicted molar refractivity (Wildman–Crippen MR) is 95.3 cm³/mol. The summed E-state index contributed by atoms with van der Waals surface area (Å²) >= 11 is 10.7. The third-order valence-corrected chi connectivity index (χ3v) is 5.45. The van der Waals surface area contributed by atoms with Crippen LogP contribution in [0.5, 0.6) is 0 Å². The molecular formula is C13H18Br3ClN2. The topological polar surface area (TPSA) is 38.0 Å². The predicted octanol–water partition coefficient (Wildman–Crippen LogP) is 5.01. The van der Waals surface area contributed by atoms with Crippen molar-refractivity contribution in [1.82, 2.24) is 5.32 Å². The first kappa shape index (κ1) is 17.8. The van der Waals surface area contributed by atoms with E-state index in [0.717, 1.165) is 26.7 Å². The second-order valence-corrected chi connectivity index (χ2v) is 7.86. The molecule has 1 fully saturated rings. The van der Waals surface area contributed by atoms with Crippen LogP contribution in [0.2, 0.25) is 0 Å². The smallest absolute Gasteiger partial charge is 0.0504 e. The zero-order valence-corrected chi connectivity index (χ0v) is 16.0. The highest BCUT2D eigenvalue weighted by atomic mass is 79.9. The summed E-state index contributed by atoms with van der Waals surface area (Å²) in [6.07, 6.45) is 5.00. The number of halogens is 4. The molecule has 0 atom stereocenters. The Morgan fingerprint density at radius 1 is 1.16 bits per heavy atom. The Morgan fingerprint density at radius 2 is 1.79 bits per heavy atom. The lowest BCUT2D eigenvalue weighted by Crippen LogP contribution is -2.33. The second-order valence-electron chi connectivity index (χ2n) is 4.79. The van der Waals surface area contributed by atoms with Gasteiger partial charge in [0.1, 0.15) is 0 Å². The van der Waals surface area contributed by atoms with E-state index < -0.39 is 0 Å². The van der Waals surface area contributed by atoms with E-state index >= 15 is 0 Å². The van der Waals surface area contributed by atoms with Crippen LogP contribution in [0.15, 0.2) is 21.1 Å². The molecule has 1 aromatic carbocycles. The van der Waals surface area contributed by atoms with E-state index in [9.17, 15) is 0 Å². The summed E-state index contributed by atoms with van der Waals surface area (Å²) in [5, 5.41) is 3.61. The molecular weight excluding hydrogens is 459 g/mol. The van der Waals surface area contributed by atoms with Crippen molar-refractivity contribution < 1.29 is 0 Å². The SMILES string of the molecule is Cl.Nc1c(Br)cc(Br)cc1CN[C@H]1CC[C@H](Br)CC1. The summed E-state index contributed by atoms with van der Waals surface area (Å²) in [4.78, 5) is 0.709. The molecule has 1 aromatic rings. The number of nitrogens with two attached hydrogens (primary N) is 1. The van der Waals surface area contributed by atoms with Crippen LogP contribution in [-0.4, -0.2) is 10.9 Å². The van der Waals surface area contributed by atoms with Gasteiger partial charge in [0.25, 0.3) is 0 Å². The van der Waals surface area contributed by atoms with E-state index in [-0.39, 0.29) is 12.4 Å². The van der Waals surface area contributed by atoms with Gasteiger partial charge in [0, 0.05) is 26.4 Å². The Balaban J connectivity index is 0.00000180. The molecule has 0 heterocycles. The van der Waals surface area contributed by atoms with E-state index in [4.69, 9.17) is 5.73 Å². The second kappa shape index (κ2) is 8.23. The van der Waals surface area contributed by atoms with Crippen LogP contribution in [0.4, 0.5) is 5.69 Å². The third kappa shape index (κ3) is 5.20. The average molecular weight is 477 g/mol. The highest BCUT2D eigenvalue weighted by molar-refractivity contribution is 9.11. The minimum Gasteiger partial charge on any atom is -0.398 e. The lowest BCUT2D eigenvalue weighted by atomic mass is 9.95. The third-order valence-electron chi connectivity index (χ3n) is 3.42. The molecule has 3 N–H and O–H groups in total. The largest absolute Gasteiger partial charge is 0.398 e. The zero-order chi connectivity index (χ0) is 13.1. The van der Waals surface area contributed by atoms with Gasteiger partial charge in [-0.3, -0.25) is 0 Å². The van der Waals surface area contributed by atoms with Crippen LogP contribution < -0.4 is 11.1 Å². The van der Waals surface area contributed by atoms with Crippen molar-refractivity contribution in [3.05, 3.63) is 26.6 Å². The first-order valence-electron chi connectivity index (χ1n) is 6.17. The van der Waals surface area contributed by atoms with Gasteiger partial charge in [0.15, 0.2) is 0 Å². The number of alkyl halides is 1. The first-order valence-corrected chi connectivity index (χ1v) is 8.67. The number of nitrogen functional groups attached to an aromatic ring is 1. The molecule has 0 spiro atoms. The highest BCUT2D eigenvalue weighted by Crippen LogP contribution is 2.29.